The Hall–Kier alpha value is -2.30. The highest BCUT2D eigenvalue weighted by atomic mass is 19.3. The Bertz CT molecular complexity index is 455. The molecular weight excluding hydrogens is 210 g/mol. The number of aromatic nitrogens is 1. The third kappa shape index (κ3) is 1.80. The minimum absolute atomic E-state index is 0.582. The Morgan fingerprint density at radius 3 is 2.67 bits per heavy atom. The summed E-state index contributed by atoms with van der Waals surface area (Å²) in [4.78, 5) is 12.7. The fourth-order valence-electron chi connectivity index (χ4n) is 0.970. The van der Waals surface area contributed by atoms with Gasteiger partial charge >= 0.3 is 5.69 Å². The van der Waals surface area contributed by atoms with Crippen LogP contribution in [0.3, 0.4) is 0 Å². The van der Waals surface area contributed by atoms with Crippen LogP contribution in [0.5, 0.6) is 0 Å². The van der Waals surface area contributed by atoms with Crippen molar-refractivity contribution in [3.8, 4) is 6.07 Å². The van der Waals surface area contributed by atoms with Crippen LogP contribution in [0.15, 0.2) is 6.20 Å². The van der Waals surface area contributed by atoms with Crippen LogP contribution in [-0.4, -0.2) is 9.91 Å². The van der Waals surface area contributed by atoms with E-state index in [-0.39, 0.29) is 0 Å². The Morgan fingerprint density at radius 2 is 2.27 bits per heavy atom. The summed E-state index contributed by atoms with van der Waals surface area (Å²) in [6, 6.07) is 1.41. The van der Waals surface area contributed by atoms with Crippen molar-refractivity contribution in [3.63, 3.8) is 0 Å². The quantitative estimate of drug-likeness (QED) is 0.591. The number of nitriles is 1. The molecule has 0 aliphatic rings. The maximum absolute atomic E-state index is 12.3. The summed E-state index contributed by atoms with van der Waals surface area (Å²) >= 11 is 0. The Morgan fingerprint density at radius 1 is 1.67 bits per heavy atom. The van der Waals surface area contributed by atoms with E-state index in [4.69, 9.17) is 11.0 Å². The highest BCUT2D eigenvalue weighted by Gasteiger charge is 2.26. The summed E-state index contributed by atoms with van der Waals surface area (Å²) in [7, 11) is 0. The molecule has 0 spiro atoms. The van der Waals surface area contributed by atoms with Gasteiger partial charge in [-0.15, -0.1) is 0 Å². The molecule has 0 aliphatic heterocycles. The van der Waals surface area contributed by atoms with E-state index in [0.717, 1.165) is 0 Å². The standard InChI is InChI=1S/C7H4F2N4O2/c8-7(9)3-2-12-4(1-10)6(5(3)11)13(14)15/h2,7H,(H2,11,12). The third-order valence-electron chi connectivity index (χ3n) is 1.65. The first-order chi connectivity index (χ1) is 6.99. The topological polar surface area (TPSA) is 106 Å². The number of anilines is 1. The van der Waals surface area contributed by atoms with Gasteiger partial charge in [0.1, 0.15) is 11.8 Å². The highest BCUT2D eigenvalue weighted by molar-refractivity contribution is 5.67. The average Bonchev–Trinajstić information content (AvgIpc) is 2.15. The molecule has 0 bridgehead atoms. The van der Waals surface area contributed by atoms with Crippen LogP contribution >= 0.6 is 0 Å². The molecule has 78 valence electrons. The first-order valence-corrected chi connectivity index (χ1v) is 3.60. The lowest BCUT2D eigenvalue weighted by Gasteiger charge is -2.04. The molecule has 0 saturated carbocycles. The van der Waals surface area contributed by atoms with Gasteiger partial charge in [0, 0.05) is 6.20 Å². The van der Waals surface area contributed by atoms with Gasteiger partial charge < -0.3 is 5.73 Å². The van der Waals surface area contributed by atoms with Gasteiger partial charge in [-0.2, -0.15) is 5.26 Å². The van der Waals surface area contributed by atoms with E-state index in [9.17, 15) is 18.9 Å². The third-order valence-corrected chi connectivity index (χ3v) is 1.65. The van der Waals surface area contributed by atoms with Gasteiger partial charge in [-0.05, 0) is 0 Å². The lowest BCUT2D eigenvalue weighted by atomic mass is 10.2. The van der Waals surface area contributed by atoms with Crippen molar-refractivity contribution >= 4 is 11.4 Å². The summed E-state index contributed by atoms with van der Waals surface area (Å²) in [5, 5.41) is 18.9. The van der Waals surface area contributed by atoms with Gasteiger partial charge in [0.2, 0.25) is 5.69 Å². The lowest BCUT2D eigenvalue weighted by Crippen LogP contribution is -2.05. The zero-order valence-electron chi connectivity index (χ0n) is 7.15. The van der Waals surface area contributed by atoms with Gasteiger partial charge in [-0.3, -0.25) is 10.1 Å². The van der Waals surface area contributed by atoms with Crippen molar-refractivity contribution < 1.29 is 13.7 Å². The number of pyridine rings is 1. The maximum atomic E-state index is 12.3. The minimum atomic E-state index is -2.97. The molecule has 8 heteroatoms. The first-order valence-electron chi connectivity index (χ1n) is 3.60. The van der Waals surface area contributed by atoms with Gasteiger partial charge in [0.25, 0.3) is 6.43 Å². The van der Waals surface area contributed by atoms with E-state index in [1.807, 2.05) is 0 Å². The molecule has 1 heterocycles. The molecule has 0 atom stereocenters. The second kappa shape index (κ2) is 3.83. The molecule has 0 aromatic carbocycles. The van der Waals surface area contributed by atoms with Crippen LogP contribution in [0, 0.1) is 21.4 Å². The van der Waals surface area contributed by atoms with Crippen LogP contribution < -0.4 is 5.73 Å². The van der Waals surface area contributed by atoms with Crippen molar-refractivity contribution in [1.29, 1.82) is 5.26 Å². The number of nitrogens with zero attached hydrogens (tertiary/aromatic N) is 3. The fraction of sp³-hybridized carbons (Fsp3) is 0.143. The Labute approximate surface area is 82.1 Å². The fourth-order valence-corrected chi connectivity index (χ4v) is 0.970. The SMILES string of the molecule is N#Cc1ncc(C(F)F)c(N)c1[N+](=O)[O-]. The van der Waals surface area contributed by atoms with E-state index in [0.29, 0.717) is 6.20 Å². The highest BCUT2D eigenvalue weighted by Crippen LogP contribution is 2.32. The summed E-state index contributed by atoms with van der Waals surface area (Å²) in [5.74, 6) is 0. The summed E-state index contributed by atoms with van der Waals surface area (Å²) < 4.78 is 24.6. The van der Waals surface area contributed by atoms with Crippen molar-refractivity contribution in [2.45, 2.75) is 6.43 Å². The monoisotopic (exact) mass is 214 g/mol. The molecule has 0 saturated heterocycles. The van der Waals surface area contributed by atoms with Crippen LogP contribution in [0.4, 0.5) is 20.2 Å². The molecule has 2 N–H and O–H groups in total. The van der Waals surface area contributed by atoms with Crippen molar-refractivity contribution in [3.05, 3.63) is 27.6 Å². The molecule has 0 amide bonds. The van der Waals surface area contributed by atoms with E-state index in [2.05, 4.69) is 4.98 Å². The summed E-state index contributed by atoms with van der Waals surface area (Å²) in [6.07, 6.45) is -2.31. The number of nitrogen functional groups attached to an aromatic ring is 1. The molecule has 0 radical (unpaired) electrons. The largest absolute Gasteiger partial charge is 0.393 e. The minimum Gasteiger partial charge on any atom is -0.393 e. The summed E-state index contributed by atoms with van der Waals surface area (Å²) in [6.45, 7) is 0. The molecule has 1 aromatic rings. The number of halogens is 2. The second-order valence-corrected chi connectivity index (χ2v) is 2.49. The van der Waals surface area contributed by atoms with Crippen LogP contribution in [0.2, 0.25) is 0 Å². The van der Waals surface area contributed by atoms with Gasteiger partial charge in [0.05, 0.1) is 10.5 Å². The predicted octanol–water partition coefficient (Wildman–Crippen LogP) is 1.38. The molecule has 0 fully saturated rings. The van der Waals surface area contributed by atoms with E-state index >= 15 is 0 Å². The Balaban J connectivity index is 3.51. The molecule has 15 heavy (non-hydrogen) atoms. The van der Waals surface area contributed by atoms with E-state index < -0.39 is 34.0 Å². The second-order valence-electron chi connectivity index (χ2n) is 2.49. The number of alkyl halides is 2. The van der Waals surface area contributed by atoms with Crippen LogP contribution in [0.25, 0.3) is 0 Å². The molecule has 6 nitrogen and oxygen atoms in total. The van der Waals surface area contributed by atoms with Gasteiger partial charge in [-0.25, -0.2) is 13.8 Å². The molecular formula is C7H4F2N4O2. The molecule has 0 unspecified atom stereocenters. The number of nitro groups is 1. The smallest absolute Gasteiger partial charge is 0.328 e. The van der Waals surface area contributed by atoms with Gasteiger partial charge in [-0.1, -0.05) is 0 Å². The predicted molar refractivity (Wildman–Crippen MR) is 45.0 cm³/mol. The number of rotatable bonds is 2. The van der Waals surface area contributed by atoms with Crippen LogP contribution in [0.1, 0.15) is 17.7 Å². The number of hydrogen-bond acceptors (Lipinski definition) is 5. The molecule has 0 aliphatic carbocycles. The lowest BCUT2D eigenvalue weighted by molar-refractivity contribution is -0.384. The van der Waals surface area contributed by atoms with Crippen molar-refractivity contribution in [1.82, 2.24) is 4.98 Å². The zero-order chi connectivity index (χ0) is 11.6. The average molecular weight is 214 g/mol. The zero-order valence-corrected chi connectivity index (χ0v) is 7.15. The number of hydrogen-bond donors (Lipinski definition) is 1. The molecule has 1 aromatic heterocycles. The van der Waals surface area contributed by atoms with E-state index in [1.165, 1.54) is 6.07 Å². The molecule has 1 rings (SSSR count). The number of nitrogens with two attached hydrogens (primary N) is 1. The maximum Gasteiger partial charge on any atom is 0.328 e. The Kier molecular flexibility index (Phi) is 2.75. The normalized spacial score (nSPS) is 10.0. The van der Waals surface area contributed by atoms with E-state index in [1.54, 1.807) is 0 Å². The van der Waals surface area contributed by atoms with Crippen molar-refractivity contribution in [2.75, 3.05) is 5.73 Å². The first kappa shape index (κ1) is 10.8. The van der Waals surface area contributed by atoms with Crippen molar-refractivity contribution in [2.24, 2.45) is 0 Å². The van der Waals surface area contributed by atoms with Gasteiger partial charge in [0.15, 0.2) is 0 Å². The van der Waals surface area contributed by atoms with Crippen LogP contribution in [-0.2, 0) is 0 Å². The summed E-state index contributed by atoms with van der Waals surface area (Å²) in [5.41, 5.74) is 2.22.